The summed E-state index contributed by atoms with van der Waals surface area (Å²) in [4.78, 5) is 17.8. The van der Waals surface area contributed by atoms with Crippen molar-refractivity contribution in [2.24, 2.45) is 11.7 Å². The first-order valence-corrected chi connectivity index (χ1v) is 13.5. The van der Waals surface area contributed by atoms with E-state index in [0.717, 1.165) is 77.7 Å². The molecular weight excluding hydrogens is 456 g/mol. The molecule has 0 saturated heterocycles. The minimum Gasteiger partial charge on any atom is -0.493 e. The smallest absolute Gasteiger partial charge is 0.251 e. The number of fused-ring (bicyclic) bond motifs is 2. The molecule has 1 saturated carbocycles. The summed E-state index contributed by atoms with van der Waals surface area (Å²) in [6.07, 6.45) is 12.4. The third-order valence-electron chi connectivity index (χ3n) is 8.27. The van der Waals surface area contributed by atoms with Gasteiger partial charge in [-0.2, -0.15) is 0 Å². The van der Waals surface area contributed by atoms with E-state index in [1.165, 1.54) is 17.6 Å². The minimum absolute atomic E-state index is 0.174. The molecule has 2 unspecified atom stereocenters. The first-order valence-electron chi connectivity index (χ1n) is 13.5. The number of primary amides is 1. The summed E-state index contributed by atoms with van der Waals surface area (Å²) in [7, 11) is 0. The first-order chi connectivity index (χ1) is 17.7. The Hall–Kier alpha value is -3.40. The van der Waals surface area contributed by atoms with Crippen LogP contribution in [0.3, 0.4) is 0 Å². The predicted molar refractivity (Wildman–Crippen MR) is 153 cm³/mol. The molecule has 0 spiro atoms. The summed E-state index contributed by atoms with van der Waals surface area (Å²) in [6.45, 7) is 13.5. The first kappa shape index (κ1) is 25.3. The number of aromatic nitrogens is 1. The summed E-state index contributed by atoms with van der Waals surface area (Å²) < 4.78 is 6.03. The number of nitrogens with two attached hydrogens (primary N) is 1. The Morgan fingerprint density at radius 2 is 2.05 bits per heavy atom. The average molecular weight is 495 g/mol. The highest BCUT2D eigenvalue weighted by Gasteiger charge is 2.37. The van der Waals surface area contributed by atoms with Gasteiger partial charge in [-0.1, -0.05) is 37.6 Å². The van der Waals surface area contributed by atoms with Crippen LogP contribution in [-0.4, -0.2) is 17.5 Å². The highest BCUT2D eigenvalue weighted by atomic mass is 16.5. The van der Waals surface area contributed by atoms with E-state index in [1.807, 2.05) is 12.1 Å². The van der Waals surface area contributed by atoms with Crippen molar-refractivity contribution in [1.29, 1.82) is 0 Å². The van der Waals surface area contributed by atoms with Gasteiger partial charge in [0.15, 0.2) is 0 Å². The fourth-order valence-electron chi connectivity index (χ4n) is 6.67. The van der Waals surface area contributed by atoms with E-state index in [4.69, 9.17) is 15.5 Å². The number of carbonyl (C=O) groups is 1. The molecule has 1 fully saturated rings. The molecule has 1 aliphatic heterocycles. The molecular formula is C33H38N2O2. The van der Waals surface area contributed by atoms with Crippen LogP contribution >= 0.6 is 0 Å². The van der Waals surface area contributed by atoms with Gasteiger partial charge in [0.1, 0.15) is 5.75 Å². The van der Waals surface area contributed by atoms with Crippen molar-refractivity contribution < 1.29 is 9.53 Å². The lowest BCUT2D eigenvalue weighted by Gasteiger charge is -2.39. The van der Waals surface area contributed by atoms with Gasteiger partial charge in [-0.3, -0.25) is 9.78 Å². The van der Waals surface area contributed by atoms with Gasteiger partial charge >= 0.3 is 0 Å². The van der Waals surface area contributed by atoms with E-state index in [9.17, 15) is 4.79 Å². The van der Waals surface area contributed by atoms with Gasteiger partial charge in [0, 0.05) is 17.1 Å². The fraction of sp³-hybridized carbons (Fsp3) is 0.394. The SMILES string of the molecule is C=Cc1cc(-c2cc(C3(C)CCCC(C=C(C)C)C3)c(C(N)=O)c3nccc(C)c23)cc2c1OCCC2. The van der Waals surface area contributed by atoms with Crippen LogP contribution in [0.15, 0.2) is 48.7 Å². The minimum atomic E-state index is -0.402. The maximum Gasteiger partial charge on any atom is 0.251 e. The zero-order chi connectivity index (χ0) is 26.3. The van der Waals surface area contributed by atoms with Crippen LogP contribution in [0.2, 0.25) is 0 Å². The van der Waals surface area contributed by atoms with Gasteiger partial charge in [0.05, 0.1) is 17.7 Å². The number of ether oxygens (including phenoxy) is 1. The number of hydrogen-bond donors (Lipinski definition) is 1. The van der Waals surface area contributed by atoms with Crippen molar-refractivity contribution in [2.75, 3.05) is 6.61 Å². The lowest BCUT2D eigenvalue weighted by atomic mass is 9.65. The maximum absolute atomic E-state index is 13.1. The van der Waals surface area contributed by atoms with Crippen LogP contribution in [0.4, 0.5) is 0 Å². The number of carbonyl (C=O) groups excluding carboxylic acids is 1. The van der Waals surface area contributed by atoms with Gasteiger partial charge in [-0.15, -0.1) is 0 Å². The molecule has 2 aromatic carbocycles. The molecule has 3 aromatic rings. The van der Waals surface area contributed by atoms with Crippen molar-refractivity contribution in [3.05, 3.63) is 76.5 Å². The summed E-state index contributed by atoms with van der Waals surface area (Å²) in [6, 6.07) is 8.69. The van der Waals surface area contributed by atoms with E-state index in [0.29, 0.717) is 17.0 Å². The zero-order valence-electron chi connectivity index (χ0n) is 22.6. The van der Waals surface area contributed by atoms with E-state index >= 15 is 0 Å². The summed E-state index contributed by atoms with van der Waals surface area (Å²) >= 11 is 0. The van der Waals surface area contributed by atoms with Crippen LogP contribution < -0.4 is 10.5 Å². The fourth-order valence-corrected chi connectivity index (χ4v) is 6.67. The van der Waals surface area contributed by atoms with Gasteiger partial charge in [0.25, 0.3) is 5.91 Å². The standard InChI is InChI=1S/C33H38N2O2/c1-6-23-16-25(17-24-10-8-14-37-31(23)24)26-18-27(33(5)12-7-9-22(19-33)15-20(2)3)29(32(34)36)30-28(26)21(4)11-13-35-30/h6,11,13,15-18,22H,1,7-10,12,14,19H2,2-5H3,(H2,34,36). The van der Waals surface area contributed by atoms with Crippen LogP contribution in [0.25, 0.3) is 28.1 Å². The Labute approximate surface area is 220 Å². The van der Waals surface area contributed by atoms with Crippen molar-refractivity contribution in [3.63, 3.8) is 0 Å². The molecule has 192 valence electrons. The van der Waals surface area contributed by atoms with Gasteiger partial charge in [-0.25, -0.2) is 0 Å². The quantitative estimate of drug-likeness (QED) is 0.370. The molecule has 0 bridgehead atoms. The second kappa shape index (κ2) is 9.81. The Balaban J connectivity index is 1.81. The number of hydrogen-bond acceptors (Lipinski definition) is 3. The van der Waals surface area contributed by atoms with Crippen molar-refractivity contribution in [3.8, 4) is 16.9 Å². The third-order valence-corrected chi connectivity index (χ3v) is 8.27. The Kier molecular flexibility index (Phi) is 6.70. The number of pyridine rings is 1. The highest BCUT2D eigenvalue weighted by molar-refractivity contribution is 6.11. The molecule has 4 nitrogen and oxygen atoms in total. The second-order valence-electron chi connectivity index (χ2n) is 11.4. The lowest BCUT2D eigenvalue weighted by Crippen LogP contribution is -2.32. The Morgan fingerprint density at radius 1 is 1.24 bits per heavy atom. The number of amides is 1. The van der Waals surface area contributed by atoms with E-state index in [1.54, 1.807) is 6.20 Å². The molecule has 5 rings (SSSR count). The predicted octanol–water partition coefficient (Wildman–Crippen LogP) is 7.69. The summed E-state index contributed by atoms with van der Waals surface area (Å²) in [5.41, 5.74) is 15.1. The summed E-state index contributed by atoms with van der Waals surface area (Å²) in [5, 5.41) is 0.993. The third kappa shape index (κ3) is 4.58. The summed E-state index contributed by atoms with van der Waals surface area (Å²) in [5.74, 6) is 1.03. The molecule has 1 aromatic heterocycles. The number of allylic oxidation sites excluding steroid dienone is 2. The normalized spacial score (nSPS) is 21.1. The van der Waals surface area contributed by atoms with Gasteiger partial charge < -0.3 is 10.5 Å². The Bertz CT molecular complexity index is 1430. The van der Waals surface area contributed by atoms with Crippen LogP contribution in [0.1, 0.15) is 85.5 Å². The molecule has 1 aliphatic carbocycles. The van der Waals surface area contributed by atoms with Crippen LogP contribution in [0, 0.1) is 12.8 Å². The molecule has 2 atom stereocenters. The molecule has 1 amide bonds. The van der Waals surface area contributed by atoms with Crippen LogP contribution in [-0.2, 0) is 11.8 Å². The molecule has 37 heavy (non-hydrogen) atoms. The number of rotatable bonds is 5. The van der Waals surface area contributed by atoms with E-state index in [2.05, 4.69) is 58.5 Å². The monoisotopic (exact) mass is 494 g/mol. The maximum atomic E-state index is 13.1. The van der Waals surface area contributed by atoms with Gasteiger partial charge in [-0.05, 0) is 116 Å². The number of aryl methyl sites for hydroxylation is 2. The Morgan fingerprint density at radius 3 is 2.78 bits per heavy atom. The lowest BCUT2D eigenvalue weighted by molar-refractivity contribution is 0.0998. The zero-order valence-corrected chi connectivity index (χ0v) is 22.6. The topological polar surface area (TPSA) is 65.2 Å². The highest BCUT2D eigenvalue weighted by Crippen LogP contribution is 2.47. The van der Waals surface area contributed by atoms with Gasteiger partial charge in [0.2, 0.25) is 0 Å². The number of benzene rings is 2. The average Bonchev–Trinajstić information content (AvgIpc) is 2.86. The second-order valence-corrected chi connectivity index (χ2v) is 11.4. The molecule has 0 radical (unpaired) electrons. The van der Waals surface area contributed by atoms with E-state index < -0.39 is 5.91 Å². The van der Waals surface area contributed by atoms with Crippen LogP contribution in [0.5, 0.6) is 5.75 Å². The van der Waals surface area contributed by atoms with E-state index in [-0.39, 0.29) is 5.41 Å². The van der Waals surface area contributed by atoms with Crippen molar-refractivity contribution in [1.82, 2.24) is 4.98 Å². The molecule has 2 heterocycles. The van der Waals surface area contributed by atoms with Crippen molar-refractivity contribution >= 4 is 22.9 Å². The number of nitrogens with zero attached hydrogens (tertiary/aromatic N) is 1. The van der Waals surface area contributed by atoms with Crippen molar-refractivity contribution in [2.45, 2.75) is 71.6 Å². The largest absolute Gasteiger partial charge is 0.493 e. The molecule has 2 N–H and O–H groups in total. The molecule has 4 heteroatoms. The molecule has 2 aliphatic rings.